The van der Waals surface area contributed by atoms with Crippen LogP contribution in [0.3, 0.4) is 0 Å². The van der Waals surface area contributed by atoms with Gasteiger partial charge in [-0.3, -0.25) is 0 Å². The highest BCUT2D eigenvalue weighted by Gasteiger charge is 2.32. The number of rotatable bonds is 4. The van der Waals surface area contributed by atoms with Crippen LogP contribution in [0, 0.1) is 0 Å². The molecule has 0 aliphatic carbocycles. The number of phenolic OH excluding ortho intramolecular Hbond substituents is 1. The Hall–Kier alpha value is -0.120. The van der Waals surface area contributed by atoms with Gasteiger partial charge in [-0.1, -0.05) is 26.0 Å². The molecule has 0 saturated carbocycles. The lowest BCUT2D eigenvalue weighted by atomic mass is 9.78. The minimum Gasteiger partial charge on any atom is -0.505 e. The van der Waals surface area contributed by atoms with E-state index in [4.69, 9.17) is 4.74 Å². The number of hydrogen-bond acceptors (Lipinski definition) is 4. The Bertz CT molecular complexity index is 767. The largest absolute Gasteiger partial charge is 0.505 e. The summed E-state index contributed by atoms with van der Waals surface area (Å²) in [6.07, 6.45) is 0. The molecule has 0 bridgehead atoms. The number of ether oxygens (including phenoxy) is 1. The summed E-state index contributed by atoms with van der Waals surface area (Å²) in [5.74, 6) is -1.78. The van der Waals surface area contributed by atoms with Gasteiger partial charge in [0.1, 0.15) is 11.5 Å². The van der Waals surface area contributed by atoms with Crippen LogP contribution in [0.25, 0.3) is 0 Å². The third kappa shape index (κ3) is 4.42. The quantitative estimate of drug-likeness (QED) is 0.305. The van der Waals surface area contributed by atoms with Crippen LogP contribution in [0.1, 0.15) is 31.9 Å². The van der Waals surface area contributed by atoms with Gasteiger partial charge in [0.05, 0.1) is 8.95 Å². The Morgan fingerprint density at radius 3 is 1.64 bits per heavy atom. The van der Waals surface area contributed by atoms with Crippen molar-refractivity contribution in [3.63, 3.8) is 0 Å². The lowest BCUT2D eigenvalue weighted by molar-refractivity contribution is -0.277. The van der Waals surface area contributed by atoms with Gasteiger partial charge in [-0.25, -0.2) is 0 Å². The van der Waals surface area contributed by atoms with Crippen LogP contribution in [-0.4, -0.2) is 21.3 Å². The lowest BCUT2D eigenvalue weighted by Crippen LogP contribution is -2.30. The molecule has 8 heteroatoms. The van der Waals surface area contributed by atoms with Crippen LogP contribution in [0.5, 0.6) is 11.5 Å². The Morgan fingerprint density at radius 1 is 0.800 bits per heavy atom. The van der Waals surface area contributed by atoms with Crippen molar-refractivity contribution in [3.05, 3.63) is 53.3 Å². The zero-order valence-electron chi connectivity index (χ0n) is 13.6. The summed E-state index contributed by atoms with van der Waals surface area (Å²) in [5.41, 5.74) is 1.48. The molecule has 2 aromatic carbocycles. The van der Waals surface area contributed by atoms with Gasteiger partial charge < -0.3 is 20.1 Å². The van der Waals surface area contributed by atoms with Crippen molar-refractivity contribution in [2.24, 2.45) is 0 Å². The first-order valence-electron chi connectivity index (χ1n) is 7.16. The smallest absolute Gasteiger partial charge is 0.318 e. The first-order valence-corrected chi connectivity index (χ1v) is 10.3. The molecule has 0 fully saturated rings. The highest BCUT2D eigenvalue weighted by atomic mass is 79.9. The molecule has 0 heterocycles. The van der Waals surface area contributed by atoms with Crippen molar-refractivity contribution in [2.45, 2.75) is 32.2 Å². The van der Waals surface area contributed by atoms with Crippen molar-refractivity contribution in [1.29, 1.82) is 0 Å². The molecule has 136 valence electrons. The number of hydrogen-bond donors (Lipinski definition) is 3. The van der Waals surface area contributed by atoms with E-state index in [9.17, 15) is 15.3 Å². The summed E-state index contributed by atoms with van der Waals surface area (Å²) in [5, 5.41) is 28.8. The Kier molecular flexibility index (Phi) is 6.34. The fourth-order valence-electron chi connectivity index (χ4n) is 2.48. The molecule has 2 rings (SSSR count). The zero-order valence-corrected chi connectivity index (χ0v) is 19.9. The predicted molar refractivity (Wildman–Crippen MR) is 111 cm³/mol. The molecule has 0 aliphatic rings. The van der Waals surface area contributed by atoms with E-state index in [0.717, 1.165) is 27.0 Å². The molecule has 0 aliphatic heterocycles. The van der Waals surface area contributed by atoms with E-state index in [1.807, 2.05) is 26.0 Å². The summed E-state index contributed by atoms with van der Waals surface area (Å²) < 4.78 is 7.61. The molecule has 0 atom stereocenters. The van der Waals surface area contributed by atoms with Crippen molar-refractivity contribution in [1.82, 2.24) is 0 Å². The average Bonchev–Trinajstić information content (AvgIpc) is 2.50. The monoisotopic (exact) mass is 600 g/mol. The predicted octanol–water partition coefficient (Wildman–Crippen LogP) is 5.81. The van der Waals surface area contributed by atoms with Crippen LogP contribution in [0.4, 0.5) is 0 Å². The number of phenols is 1. The van der Waals surface area contributed by atoms with E-state index < -0.39 is 11.4 Å². The van der Waals surface area contributed by atoms with E-state index in [1.165, 1.54) is 0 Å². The van der Waals surface area contributed by atoms with E-state index in [0.29, 0.717) is 14.7 Å². The number of benzene rings is 2. The second kappa shape index (κ2) is 7.48. The third-order valence-corrected chi connectivity index (χ3v) is 7.95. The molecular weight excluding hydrogens is 588 g/mol. The van der Waals surface area contributed by atoms with Crippen molar-refractivity contribution < 1.29 is 20.1 Å². The van der Waals surface area contributed by atoms with E-state index in [-0.39, 0.29) is 5.75 Å². The maximum absolute atomic E-state index is 10.2. The highest BCUT2D eigenvalue weighted by molar-refractivity contribution is 9.14. The summed E-state index contributed by atoms with van der Waals surface area (Å²) in [4.78, 5) is 0. The van der Waals surface area contributed by atoms with Crippen LogP contribution in [0.2, 0.25) is 0 Å². The molecule has 4 nitrogen and oxygen atoms in total. The average molecular weight is 604 g/mol. The summed E-state index contributed by atoms with van der Waals surface area (Å²) in [6, 6.07) is 7.06. The van der Waals surface area contributed by atoms with Crippen molar-refractivity contribution in [2.75, 3.05) is 0 Å². The van der Waals surface area contributed by atoms with Gasteiger partial charge in [-0.15, -0.1) is 0 Å². The van der Waals surface area contributed by atoms with Crippen LogP contribution in [0.15, 0.2) is 42.2 Å². The molecule has 3 N–H and O–H groups in total. The topological polar surface area (TPSA) is 69.9 Å². The molecular formula is C17H16Br4O4. The molecule has 0 saturated heterocycles. The van der Waals surface area contributed by atoms with Gasteiger partial charge >= 0.3 is 5.97 Å². The minimum absolute atomic E-state index is 0.104. The molecule has 0 unspecified atom stereocenters. The van der Waals surface area contributed by atoms with Crippen LogP contribution >= 0.6 is 63.7 Å². The maximum Gasteiger partial charge on any atom is 0.318 e. The van der Waals surface area contributed by atoms with Gasteiger partial charge in [-0.05, 0) is 87.0 Å². The molecule has 0 spiro atoms. The van der Waals surface area contributed by atoms with E-state index in [2.05, 4.69) is 63.7 Å². The second-order valence-electron chi connectivity index (χ2n) is 6.16. The Morgan fingerprint density at radius 2 is 1.24 bits per heavy atom. The van der Waals surface area contributed by atoms with Crippen LogP contribution < -0.4 is 4.74 Å². The minimum atomic E-state index is -2.23. The maximum atomic E-state index is 10.2. The third-order valence-electron chi connectivity index (χ3n) is 3.75. The second-order valence-corrected chi connectivity index (χ2v) is 9.34. The first-order chi connectivity index (χ1) is 11.4. The molecule has 2 aromatic rings. The Labute approximate surface area is 179 Å². The van der Waals surface area contributed by atoms with Crippen molar-refractivity contribution in [3.8, 4) is 11.5 Å². The fourth-order valence-corrected chi connectivity index (χ4v) is 5.56. The molecule has 0 aromatic heterocycles. The number of halogens is 4. The fraction of sp³-hybridized carbons (Fsp3) is 0.294. The van der Waals surface area contributed by atoms with Crippen LogP contribution in [-0.2, 0) is 5.41 Å². The number of aromatic hydroxyl groups is 1. The van der Waals surface area contributed by atoms with Crippen molar-refractivity contribution >= 4 is 63.7 Å². The SMILES string of the molecule is CC(O)(O)Oc1ccc(C(C)(C)c2c(Br)c(Br)c(O)c(Br)c2Br)cc1. The molecule has 0 amide bonds. The highest BCUT2D eigenvalue weighted by Crippen LogP contribution is 2.51. The zero-order chi connectivity index (χ0) is 19.2. The Balaban J connectivity index is 2.53. The molecule has 25 heavy (non-hydrogen) atoms. The number of aliphatic hydroxyl groups is 2. The van der Waals surface area contributed by atoms with E-state index >= 15 is 0 Å². The lowest BCUT2D eigenvalue weighted by Gasteiger charge is -2.30. The normalized spacial score (nSPS) is 12.4. The van der Waals surface area contributed by atoms with Gasteiger partial charge in [0, 0.05) is 21.3 Å². The van der Waals surface area contributed by atoms with Gasteiger partial charge in [-0.2, -0.15) is 0 Å². The first kappa shape index (κ1) is 21.2. The summed E-state index contributed by atoms with van der Waals surface area (Å²) in [6.45, 7) is 5.24. The summed E-state index contributed by atoms with van der Waals surface area (Å²) >= 11 is 13.9. The van der Waals surface area contributed by atoms with E-state index in [1.54, 1.807) is 12.1 Å². The van der Waals surface area contributed by atoms with Gasteiger partial charge in [0.2, 0.25) is 0 Å². The standard InChI is InChI=1S/C17H16Br4O4/c1-16(2,8-4-6-9(7-5-8)25-17(3,23)24)10-11(18)13(20)15(22)14(21)12(10)19/h4-7,22-24H,1-3H3. The van der Waals surface area contributed by atoms with Gasteiger partial charge in [0.15, 0.2) is 0 Å². The summed E-state index contributed by atoms with van der Waals surface area (Å²) in [7, 11) is 0. The molecule has 0 radical (unpaired) electrons. The van der Waals surface area contributed by atoms with Gasteiger partial charge in [0.25, 0.3) is 0 Å².